The van der Waals surface area contributed by atoms with Gasteiger partial charge in [-0.3, -0.25) is 9.69 Å². The zero-order valence-corrected chi connectivity index (χ0v) is 11.5. The molecule has 0 saturated carbocycles. The average Bonchev–Trinajstić information content (AvgIpc) is 2.38. The molecular weight excluding hydrogens is 249 g/mol. The number of likely N-dealkylation sites (N-methyl/N-ethyl adjacent to an activating group) is 1. The highest BCUT2D eigenvalue weighted by Crippen LogP contribution is 2.19. The van der Waals surface area contributed by atoms with Crippen molar-refractivity contribution in [3.63, 3.8) is 0 Å². The molecule has 0 radical (unpaired) electrons. The predicted molar refractivity (Wildman–Crippen MR) is 71.0 cm³/mol. The number of ketones is 1. The second kappa shape index (κ2) is 7.21. The molecule has 0 fully saturated rings. The van der Waals surface area contributed by atoms with Gasteiger partial charge in [0.2, 0.25) is 0 Å². The van der Waals surface area contributed by atoms with Gasteiger partial charge in [-0.2, -0.15) is 0 Å². The summed E-state index contributed by atoms with van der Waals surface area (Å²) in [6.45, 7) is 5.19. The fraction of sp³-hybridized carbons (Fsp3) is 0.500. The van der Waals surface area contributed by atoms with Crippen LogP contribution >= 0.6 is 0 Å². The lowest BCUT2D eigenvalue weighted by atomic mass is 10.1. The summed E-state index contributed by atoms with van der Waals surface area (Å²) >= 11 is 0. The van der Waals surface area contributed by atoms with E-state index in [1.54, 1.807) is 7.11 Å². The van der Waals surface area contributed by atoms with Gasteiger partial charge in [-0.15, -0.1) is 0 Å². The van der Waals surface area contributed by atoms with Crippen LogP contribution < -0.4 is 0 Å². The first kappa shape index (κ1) is 15.6. The summed E-state index contributed by atoms with van der Waals surface area (Å²) in [6, 6.07) is 3.45. The van der Waals surface area contributed by atoms with Crippen LogP contribution in [0, 0.1) is 5.82 Å². The van der Waals surface area contributed by atoms with Crippen molar-refractivity contribution < 1.29 is 19.0 Å². The highest BCUT2D eigenvalue weighted by Gasteiger charge is 2.19. The van der Waals surface area contributed by atoms with E-state index >= 15 is 0 Å². The van der Waals surface area contributed by atoms with Crippen LogP contribution in [0.5, 0.6) is 5.75 Å². The highest BCUT2D eigenvalue weighted by molar-refractivity contribution is 6.00. The van der Waals surface area contributed by atoms with Gasteiger partial charge in [0.1, 0.15) is 11.6 Å². The maximum absolute atomic E-state index is 13.1. The second-order valence-corrected chi connectivity index (χ2v) is 4.45. The molecular formula is C14H20FNO3. The lowest BCUT2D eigenvalue weighted by molar-refractivity contribution is 0.0785. The van der Waals surface area contributed by atoms with Crippen molar-refractivity contribution in [1.82, 2.24) is 4.90 Å². The molecule has 19 heavy (non-hydrogen) atoms. The normalized spacial score (nSPS) is 12.7. The molecule has 1 aromatic carbocycles. The molecule has 0 aliphatic rings. The number of carbonyl (C=O) groups excluding carboxylic acids is 1. The number of phenolic OH excluding ortho intramolecular Hbond substituents is 1. The lowest BCUT2D eigenvalue weighted by Crippen LogP contribution is -2.39. The number of nitrogens with zero attached hydrogens (tertiary/aromatic N) is 1. The average molecular weight is 269 g/mol. The Labute approximate surface area is 112 Å². The smallest absolute Gasteiger partial charge is 0.180 e. The van der Waals surface area contributed by atoms with Gasteiger partial charge in [0.25, 0.3) is 0 Å². The summed E-state index contributed by atoms with van der Waals surface area (Å²) < 4.78 is 18.2. The molecule has 0 bridgehead atoms. The first-order valence-electron chi connectivity index (χ1n) is 6.24. The maximum atomic E-state index is 13.1. The SMILES string of the molecule is CCN(CC(=O)c1cc(F)ccc1O)C(C)COC. The molecule has 1 unspecified atom stereocenters. The number of carbonyl (C=O) groups is 1. The first-order chi connectivity index (χ1) is 8.99. The van der Waals surface area contributed by atoms with E-state index in [2.05, 4.69) is 0 Å². The van der Waals surface area contributed by atoms with Gasteiger partial charge in [0.05, 0.1) is 18.7 Å². The predicted octanol–water partition coefficient (Wildman–Crippen LogP) is 2.07. The van der Waals surface area contributed by atoms with E-state index in [1.165, 1.54) is 6.07 Å². The second-order valence-electron chi connectivity index (χ2n) is 4.45. The van der Waals surface area contributed by atoms with Crippen LogP contribution in [0.3, 0.4) is 0 Å². The summed E-state index contributed by atoms with van der Waals surface area (Å²) in [5.74, 6) is -1.03. The monoisotopic (exact) mass is 269 g/mol. The van der Waals surface area contributed by atoms with Gasteiger partial charge >= 0.3 is 0 Å². The Morgan fingerprint density at radius 1 is 1.53 bits per heavy atom. The van der Waals surface area contributed by atoms with E-state index in [4.69, 9.17) is 4.74 Å². The van der Waals surface area contributed by atoms with Crippen LogP contribution in [0.2, 0.25) is 0 Å². The first-order valence-corrected chi connectivity index (χ1v) is 6.24. The van der Waals surface area contributed by atoms with E-state index in [9.17, 15) is 14.3 Å². The van der Waals surface area contributed by atoms with Crippen molar-refractivity contribution in [2.24, 2.45) is 0 Å². The molecule has 1 aromatic rings. The summed E-state index contributed by atoms with van der Waals surface area (Å²) in [7, 11) is 1.60. The third kappa shape index (κ3) is 4.29. The number of rotatable bonds is 7. The molecule has 0 aliphatic heterocycles. The zero-order valence-electron chi connectivity index (χ0n) is 11.5. The number of Topliss-reactive ketones (excluding diaryl/α,β-unsaturated/α-hetero) is 1. The van der Waals surface area contributed by atoms with E-state index in [0.717, 1.165) is 12.1 Å². The third-order valence-electron chi connectivity index (χ3n) is 3.04. The highest BCUT2D eigenvalue weighted by atomic mass is 19.1. The molecule has 0 amide bonds. The molecule has 0 saturated heterocycles. The minimum Gasteiger partial charge on any atom is -0.507 e. The van der Waals surface area contributed by atoms with Crippen molar-refractivity contribution in [1.29, 1.82) is 0 Å². The number of phenols is 1. The van der Waals surface area contributed by atoms with Crippen LogP contribution in [-0.4, -0.2) is 48.6 Å². The Morgan fingerprint density at radius 2 is 2.21 bits per heavy atom. The Balaban J connectivity index is 2.79. The van der Waals surface area contributed by atoms with Gasteiger partial charge in [-0.1, -0.05) is 6.92 Å². The standard InChI is InChI=1S/C14H20FNO3/c1-4-16(10(2)9-19-3)8-14(18)12-7-11(15)5-6-13(12)17/h5-7,10,17H,4,8-9H2,1-3H3. The van der Waals surface area contributed by atoms with Gasteiger partial charge < -0.3 is 9.84 Å². The molecule has 106 valence electrons. The number of ether oxygens (including phenoxy) is 1. The number of methoxy groups -OCH3 is 1. The van der Waals surface area contributed by atoms with Crippen LogP contribution in [0.25, 0.3) is 0 Å². The van der Waals surface area contributed by atoms with Gasteiger partial charge in [0.15, 0.2) is 5.78 Å². The Bertz CT molecular complexity index is 437. The maximum Gasteiger partial charge on any atom is 0.180 e. The molecule has 0 heterocycles. The third-order valence-corrected chi connectivity index (χ3v) is 3.04. The molecule has 1 atom stereocenters. The number of halogens is 1. The summed E-state index contributed by atoms with van der Waals surface area (Å²) in [4.78, 5) is 14.0. The summed E-state index contributed by atoms with van der Waals surface area (Å²) in [5.41, 5.74) is 0.0167. The van der Waals surface area contributed by atoms with Crippen molar-refractivity contribution in [2.75, 3.05) is 26.8 Å². The van der Waals surface area contributed by atoms with E-state index in [1.807, 2.05) is 18.7 Å². The Kier molecular flexibility index (Phi) is 5.92. The molecule has 0 spiro atoms. The van der Waals surface area contributed by atoms with Crippen LogP contribution in [0.15, 0.2) is 18.2 Å². The zero-order chi connectivity index (χ0) is 14.4. The summed E-state index contributed by atoms with van der Waals surface area (Å²) in [6.07, 6.45) is 0. The number of aromatic hydroxyl groups is 1. The Morgan fingerprint density at radius 3 is 2.79 bits per heavy atom. The van der Waals surface area contributed by atoms with Crippen LogP contribution in [-0.2, 0) is 4.74 Å². The molecule has 5 heteroatoms. The van der Waals surface area contributed by atoms with Gasteiger partial charge in [0, 0.05) is 13.2 Å². The largest absolute Gasteiger partial charge is 0.507 e. The Hall–Kier alpha value is -1.46. The number of benzene rings is 1. The van der Waals surface area contributed by atoms with Crippen LogP contribution in [0.4, 0.5) is 4.39 Å². The minimum absolute atomic E-state index is 0.0167. The number of hydrogen-bond acceptors (Lipinski definition) is 4. The van der Waals surface area contributed by atoms with Gasteiger partial charge in [-0.05, 0) is 31.7 Å². The van der Waals surface area contributed by atoms with Crippen molar-refractivity contribution >= 4 is 5.78 Å². The molecule has 1 rings (SSSR count). The molecule has 0 aliphatic carbocycles. The van der Waals surface area contributed by atoms with Crippen molar-refractivity contribution in [2.45, 2.75) is 19.9 Å². The van der Waals surface area contributed by atoms with E-state index in [0.29, 0.717) is 13.2 Å². The lowest BCUT2D eigenvalue weighted by Gasteiger charge is -2.26. The van der Waals surface area contributed by atoms with E-state index < -0.39 is 5.82 Å². The van der Waals surface area contributed by atoms with Gasteiger partial charge in [-0.25, -0.2) is 4.39 Å². The number of hydrogen-bond donors (Lipinski definition) is 1. The molecule has 0 aromatic heterocycles. The molecule has 1 N–H and O–H groups in total. The van der Waals surface area contributed by atoms with E-state index in [-0.39, 0.29) is 29.7 Å². The summed E-state index contributed by atoms with van der Waals surface area (Å²) in [5, 5.41) is 9.60. The topological polar surface area (TPSA) is 49.8 Å². The molecule has 4 nitrogen and oxygen atoms in total. The quantitative estimate of drug-likeness (QED) is 0.770. The minimum atomic E-state index is -0.533. The fourth-order valence-electron chi connectivity index (χ4n) is 1.93. The van der Waals surface area contributed by atoms with Crippen molar-refractivity contribution in [3.05, 3.63) is 29.6 Å². The van der Waals surface area contributed by atoms with Crippen LogP contribution in [0.1, 0.15) is 24.2 Å². The fourth-order valence-corrected chi connectivity index (χ4v) is 1.93. The van der Waals surface area contributed by atoms with Crippen molar-refractivity contribution in [3.8, 4) is 5.75 Å².